The number of hydrogen-bond acceptors (Lipinski definition) is 5. The van der Waals surface area contributed by atoms with Crippen LogP contribution < -0.4 is 0 Å². The van der Waals surface area contributed by atoms with Gasteiger partial charge in [0.15, 0.2) is 0 Å². The molecule has 0 amide bonds. The largest absolute Gasteiger partial charge is 0.461 e. The van der Waals surface area contributed by atoms with E-state index in [9.17, 15) is 14.4 Å². The van der Waals surface area contributed by atoms with Crippen LogP contribution in [0, 0.1) is 5.92 Å². The quantitative estimate of drug-likeness (QED) is 0.125. The van der Waals surface area contributed by atoms with Crippen LogP contribution in [0.2, 0.25) is 0 Å². The third kappa shape index (κ3) is 15.7. The van der Waals surface area contributed by atoms with Crippen molar-refractivity contribution in [3.8, 4) is 0 Å². The van der Waals surface area contributed by atoms with Crippen molar-refractivity contribution in [3.05, 3.63) is 35.9 Å². The SMILES string of the molecule is CC(C)(C)OC(=O)C(CCC(=O)OCc1ccccc1)CC(=O)CCCCCCCCCBr. The average molecular weight is 526 g/mol. The van der Waals surface area contributed by atoms with Gasteiger partial charge in [-0.2, -0.15) is 0 Å². The zero-order valence-electron chi connectivity index (χ0n) is 20.6. The molecule has 1 aromatic rings. The molecule has 1 atom stereocenters. The number of halogens is 1. The lowest BCUT2D eigenvalue weighted by Gasteiger charge is -2.23. The Kier molecular flexibility index (Phi) is 15.0. The van der Waals surface area contributed by atoms with Crippen LogP contribution in [0.25, 0.3) is 0 Å². The Hall–Kier alpha value is -1.69. The fourth-order valence-corrected chi connectivity index (χ4v) is 3.86. The number of rotatable bonds is 17. The van der Waals surface area contributed by atoms with Gasteiger partial charge in [-0.1, -0.05) is 78.4 Å². The van der Waals surface area contributed by atoms with E-state index in [1.807, 2.05) is 30.3 Å². The molecule has 0 radical (unpaired) electrons. The number of unbranched alkanes of at least 4 members (excludes halogenated alkanes) is 6. The number of alkyl halides is 1. The summed E-state index contributed by atoms with van der Waals surface area (Å²) in [5.74, 6) is -1.36. The smallest absolute Gasteiger partial charge is 0.309 e. The number of benzene rings is 1. The molecule has 0 fully saturated rings. The van der Waals surface area contributed by atoms with E-state index in [0.29, 0.717) is 6.42 Å². The number of esters is 2. The highest BCUT2D eigenvalue weighted by Crippen LogP contribution is 2.21. The highest BCUT2D eigenvalue weighted by molar-refractivity contribution is 9.09. The van der Waals surface area contributed by atoms with Crippen molar-refractivity contribution >= 4 is 33.7 Å². The topological polar surface area (TPSA) is 69.7 Å². The van der Waals surface area contributed by atoms with Crippen LogP contribution in [-0.2, 0) is 30.5 Å². The second-order valence-corrected chi connectivity index (χ2v) is 10.4. The standard InChI is InChI=1S/C27H41BrO5/c1-27(2,3)33-26(31)23(17-18-25(30)32-21-22-14-10-9-11-15-22)20-24(29)16-12-7-5-4-6-8-13-19-28/h9-11,14-15,23H,4-8,12-13,16-21H2,1-3H3. The van der Waals surface area contributed by atoms with Gasteiger partial charge in [0.2, 0.25) is 0 Å². The second kappa shape index (κ2) is 16.9. The van der Waals surface area contributed by atoms with E-state index in [1.165, 1.54) is 25.7 Å². The molecule has 6 heteroatoms. The molecule has 0 aliphatic rings. The Morgan fingerprint density at radius 2 is 1.48 bits per heavy atom. The van der Waals surface area contributed by atoms with Crippen molar-refractivity contribution in [3.63, 3.8) is 0 Å². The Labute approximate surface area is 208 Å². The van der Waals surface area contributed by atoms with Crippen LogP contribution in [0.3, 0.4) is 0 Å². The van der Waals surface area contributed by atoms with E-state index in [1.54, 1.807) is 20.8 Å². The lowest BCUT2D eigenvalue weighted by atomic mass is 9.94. The fraction of sp³-hybridized carbons (Fsp3) is 0.667. The predicted molar refractivity (Wildman–Crippen MR) is 135 cm³/mol. The first-order valence-corrected chi connectivity index (χ1v) is 13.3. The first-order valence-electron chi connectivity index (χ1n) is 12.2. The highest BCUT2D eigenvalue weighted by Gasteiger charge is 2.28. The summed E-state index contributed by atoms with van der Waals surface area (Å²) in [5.41, 5.74) is 0.272. The van der Waals surface area contributed by atoms with E-state index < -0.39 is 17.5 Å². The zero-order valence-corrected chi connectivity index (χ0v) is 22.2. The van der Waals surface area contributed by atoms with Gasteiger partial charge in [-0.3, -0.25) is 14.4 Å². The second-order valence-electron chi connectivity index (χ2n) is 9.57. The average Bonchev–Trinajstić information content (AvgIpc) is 2.76. The number of hydrogen-bond donors (Lipinski definition) is 0. The molecule has 0 aromatic heterocycles. The van der Waals surface area contributed by atoms with Crippen LogP contribution in [0.15, 0.2) is 30.3 Å². The van der Waals surface area contributed by atoms with Gasteiger partial charge in [-0.05, 0) is 45.6 Å². The van der Waals surface area contributed by atoms with Gasteiger partial charge in [-0.25, -0.2) is 0 Å². The van der Waals surface area contributed by atoms with Crippen molar-refractivity contribution in [1.82, 2.24) is 0 Å². The van der Waals surface area contributed by atoms with E-state index in [2.05, 4.69) is 15.9 Å². The van der Waals surface area contributed by atoms with Gasteiger partial charge < -0.3 is 9.47 Å². The van der Waals surface area contributed by atoms with Gasteiger partial charge in [0.05, 0.1) is 5.92 Å². The van der Waals surface area contributed by atoms with Crippen molar-refractivity contribution in [2.75, 3.05) is 5.33 Å². The minimum Gasteiger partial charge on any atom is -0.461 e. The summed E-state index contributed by atoms with van der Waals surface area (Å²) < 4.78 is 10.8. The molecule has 186 valence electrons. The molecule has 0 saturated heterocycles. The number of carbonyl (C=O) groups is 3. The van der Waals surface area contributed by atoms with E-state index in [-0.39, 0.29) is 37.6 Å². The van der Waals surface area contributed by atoms with Gasteiger partial charge in [0.1, 0.15) is 18.0 Å². The Morgan fingerprint density at radius 1 is 0.879 bits per heavy atom. The van der Waals surface area contributed by atoms with Crippen LogP contribution in [-0.4, -0.2) is 28.7 Å². The van der Waals surface area contributed by atoms with Crippen molar-refractivity contribution in [1.29, 1.82) is 0 Å². The summed E-state index contributed by atoms with van der Waals surface area (Å²) in [6, 6.07) is 9.45. The maximum absolute atomic E-state index is 12.7. The first kappa shape index (κ1) is 29.3. The van der Waals surface area contributed by atoms with Crippen molar-refractivity contribution < 1.29 is 23.9 Å². The molecule has 0 saturated carbocycles. The van der Waals surface area contributed by atoms with Crippen LogP contribution >= 0.6 is 15.9 Å². The number of ether oxygens (including phenoxy) is 2. The first-order chi connectivity index (χ1) is 15.7. The molecule has 33 heavy (non-hydrogen) atoms. The fourth-order valence-electron chi connectivity index (χ4n) is 3.47. The monoisotopic (exact) mass is 524 g/mol. The summed E-state index contributed by atoms with van der Waals surface area (Å²) in [4.78, 5) is 37.4. The molecule has 5 nitrogen and oxygen atoms in total. The predicted octanol–water partition coefficient (Wildman–Crippen LogP) is 6.94. The van der Waals surface area contributed by atoms with Crippen molar-refractivity contribution in [2.24, 2.45) is 5.92 Å². The molecule has 0 heterocycles. The minimum atomic E-state index is -0.638. The lowest BCUT2D eigenvalue weighted by molar-refractivity contribution is -0.161. The summed E-state index contributed by atoms with van der Waals surface area (Å²) in [7, 11) is 0. The molecular weight excluding hydrogens is 484 g/mol. The molecule has 0 spiro atoms. The third-order valence-electron chi connectivity index (χ3n) is 5.24. The highest BCUT2D eigenvalue weighted by atomic mass is 79.9. The molecule has 1 unspecified atom stereocenters. The zero-order chi connectivity index (χ0) is 24.5. The summed E-state index contributed by atoms with van der Waals surface area (Å²) in [6.45, 7) is 5.60. The van der Waals surface area contributed by atoms with Crippen molar-refractivity contribution in [2.45, 2.75) is 104 Å². The minimum absolute atomic E-state index is 0.0581. The van der Waals surface area contributed by atoms with Gasteiger partial charge in [0.25, 0.3) is 0 Å². The Morgan fingerprint density at radius 3 is 2.09 bits per heavy atom. The van der Waals surface area contributed by atoms with Crippen LogP contribution in [0.4, 0.5) is 0 Å². The molecule has 0 aliphatic carbocycles. The summed E-state index contributed by atoms with van der Waals surface area (Å²) >= 11 is 3.45. The molecular formula is C27H41BrO5. The maximum atomic E-state index is 12.7. The Balaban J connectivity index is 2.43. The van der Waals surface area contributed by atoms with E-state index >= 15 is 0 Å². The third-order valence-corrected chi connectivity index (χ3v) is 5.80. The van der Waals surface area contributed by atoms with Gasteiger partial charge in [-0.15, -0.1) is 0 Å². The van der Waals surface area contributed by atoms with E-state index in [4.69, 9.17) is 9.47 Å². The number of ketones is 1. The van der Waals surface area contributed by atoms with Gasteiger partial charge >= 0.3 is 11.9 Å². The summed E-state index contributed by atoms with van der Waals surface area (Å²) in [6.07, 6.45) is 8.83. The van der Waals surface area contributed by atoms with E-state index in [0.717, 1.165) is 30.2 Å². The molecule has 1 aromatic carbocycles. The maximum Gasteiger partial charge on any atom is 0.309 e. The molecule has 1 rings (SSSR count). The lowest BCUT2D eigenvalue weighted by Crippen LogP contribution is -2.30. The molecule has 0 N–H and O–H groups in total. The van der Waals surface area contributed by atoms with Gasteiger partial charge in [0, 0.05) is 24.6 Å². The number of carbonyl (C=O) groups excluding carboxylic acids is 3. The number of Topliss-reactive ketones (excluding diaryl/α,β-unsaturated/α-hetero) is 1. The molecule has 0 bridgehead atoms. The van der Waals surface area contributed by atoms with Crippen LogP contribution in [0.5, 0.6) is 0 Å². The molecule has 0 aliphatic heterocycles. The normalized spacial score (nSPS) is 12.2. The van der Waals surface area contributed by atoms with Crippen LogP contribution in [0.1, 0.15) is 97.0 Å². The Bertz CT molecular complexity index is 696. The summed E-state index contributed by atoms with van der Waals surface area (Å²) in [5, 5.41) is 1.06.